The molecule has 3 nitrogen and oxygen atoms in total. The molecule has 0 fully saturated rings. The minimum Gasteiger partial charge on any atom is -0.477 e. The van der Waals surface area contributed by atoms with Gasteiger partial charge in [-0.25, -0.2) is 4.79 Å². The lowest BCUT2D eigenvalue weighted by molar-refractivity contribution is 0.0700. The molecule has 2 rings (SSSR count). The van der Waals surface area contributed by atoms with Crippen LogP contribution in [0.2, 0.25) is 0 Å². The summed E-state index contributed by atoms with van der Waals surface area (Å²) in [5.41, 5.74) is 3.42. The van der Waals surface area contributed by atoms with Crippen molar-refractivity contribution < 1.29 is 9.90 Å². The van der Waals surface area contributed by atoms with E-state index in [0.717, 1.165) is 12.1 Å². The molecule has 0 unspecified atom stereocenters. The summed E-state index contributed by atoms with van der Waals surface area (Å²) < 4.78 is 0. The first-order valence-corrected chi connectivity index (χ1v) is 6.98. The molecule has 0 aliphatic carbocycles. The van der Waals surface area contributed by atoms with Crippen LogP contribution in [0.1, 0.15) is 26.4 Å². The van der Waals surface area contributed by atoms with Crippen molar-refractivity contribution in [2.24, 2.45) is 0 Å². The van der Waals surface area contributed by atoms with Gasteiger partial charge in [-0.1, -0.05) is 24.3 Å². The molecule has 0 bridgehead atoms. The second-order valence-corrected chi connectivity index (χ2v) is 5.60. The molecule has 19 heavy (non-hydrogen) atoms. The summed E-state index contributed by atoms with van der Waals surface area (Å²) >= 11 is 1.28. The quantitative estimate of drug-likeness (QED) is 0.909. The Labute approximate surface area is 117 Å². The molecule has 0 saturated heterocycles. The molecule has 1 N–H and O–H groups in total. The highest BCUT2D eigenvalue weighted by Crippen LogP contribution is 2.19. The molecule has 0 aliphatic rings. The molecule has 0 spiro atoms. The molecule has 0 aliphatic heterocycles. The number of carbonyl (C=O) groups is 1. The second-order valence-electron chi connectivity index (χ2n) is 4.68. The number of thiophene rings is 1. The lowest BCUT2D eigenvalue weighted by Gasteiger charge is -2.17. The number of hydrogen-bond donors (Lipinski definition) is 1. The standard InChI is InChI=1S/C15H17NO2S/c1-11-5-3-4-6-12(11)9-16(2)10-13-7-8-19-14(13)15(17)18/h3-8H,9-10H2,1-2H3,(H,17,18). The van der Waals surface area contributed by atoms with Crippen molar-refractivity contribution in [3.63, 3.8) is 0 Å². The molecule has 0 radical (unpaired) electrons. The van der Waals surface area contributed by atoms with Gasteiger partial charge < -0.3 is 5.11 Å². The van der Waals surface area contributed by atoms with E-state index in [1.165, 1.54) is 22.5 Å². The van der Waals surface area contributed by atoms with E-state index in [1.54, 1.807) is 0 Å². The third-order valence-electron chi connectivity index (χ3n) is 3.08. The molecule has 1 aromatic heterocycles. The zero-order valence-electron chi connectivity index (χ0n) is 11.1. The van der Waals surface area contributed by atoms with Crippen molar-refractivity contribution in [3.8, 4) is 0 Å². The number of nitrogens with zero attached hydrogens (tertiary/aromatic N) is 1. The average molecular weight is 275 g/mol. The maximum Gasteiger partial charge on any atom is 0.346 e. The van der Waals surface area contributed by atoms with Gasteiger partial charge in [0.15, 0.2) is 0 Å². The van der Waals surface area contributed by atoms with Crippen LogP contribution in [-0.4, -0.2) is 23.0 Å². The summed E-state index contributed by atoms with van der Waals surface area (Å²) in [6, 6.07) is 10.2. The van der Waals surface area contributed by atoms with Gasteiger partial charge in [0.1, 0.15) is 4.88 Å². The van der Waals surface area contributed by atoms with E-state index in [9.17, 15) is 4.79 Å². The third-order valence-corrected chi connectivity index (χ3v) is 4.03. The van der Waals surface area contributed by atoms with E-state index >= 15 is 0 Å². The van der Waals surface area contributed by atoms with Gasteiger partial charge in [-0.3, -0.25) is 4.90 Å². The van der Waals surface area contributed by atoms with Gasteiger partial charge in [-0.15, -0.1) is 11.3 Å². The Morgan fingerprint density at radius 3 is 2.58 bits per heavy atom. The van der Waals surface area contributed by atoms with Crippen LogP contribution in [0, 0.1) is 6.92 Å². The van der Waals surface area contributed by atoms with E-state index < -0.39 is 5.97 Å². The smallest absolute Gasteiger partial charge is 0.346 e. The number of hydrogen-bond acceptors (Lipinski definition) is 3. The first-order valence-electron chi connectivity index (χ1n) is 6.10. The van der Waals surface area contributed by atoms with Crippen LogP contribution in [0.15, 0.2) is 35.7 Å². The molecule has 1 heterocycles. The fourth-order valence-corrected chi connectivity index (χ4v) is 2.83. The highest BCUT2D eigenvalue weighted by Gasteiger charge is 2.13. The number of rotatable bonds is 5. The molecular weight excluding hydrogens is 258 g/mol. The lowest BCUT2D eigenvalue weighted by atomic mass is 10.1. The Morgan fingerprint density at radius 2 is 1.89 bits per heavy atom. The Kier molecular flexibility index (Phi) is 4.35. The predicted octanol–water partition coefficient (Wildman–Crippen LogP) is 3.39. The summed E-state index contributed by atoms with van der Waals surface area (Å²) in [5, 5.41) is 10.9. The van der Waals surface area contributed by atoms with Crippen LogP contribution in [0.4, 0.5) is 0 Å². The summed E-state index contributed by atoms with van der Waals surface area (Å²) in [6.07, 6.45) is 0. The fraction of sp³-hybridized carbons (Fsp3) is 0.267. The summed E-state index contributed by atoms with van der Waals surface area (Å²) in [6.45, 7) is 3.57. The van der Waals surface area contributed by atoms with Crippen molar-refractivity contribution in [2.75, 3.05) is 7.05 Å². The highest BCUT2D eigenvalue weighted by molar-refractivity contribution is 7.12. The summed E-state index contributed by atoms with van der Waals surface area (Å²) in [5.74, 6) is -0.839. The fourth-order valence-electron chi connectivity index (χ4n) is 2.07. The molecule has 1 aromatic carbocycles. The van der Waals surface area contributed by atoms with Gasteiger partial charge in [0.2, 0.25) is 0 Å². The maximum atomic E-state index is 11.1. The van der Waals surface area contributed by atoms with E-state index in [2.05, 4.69) is 24.0 Å². The Bertz CT molecular complexity index is 577. The molecule has 100 valence electrons. The third kappa shape index (κ3) is 3.43. The monoisotopic (exact) mass is 275 g/mol. The minimum atomic E-state index is -0.839. The largest absolute Gasteiger partial charge is 0.477 e. The number of aromatic carboxylic acids is 1. The van der Waals surface area contributed by atoms with Crippen LogP contribution in [0.3, 0.4) is 0 Å². The normalized spacial score (nSPS) is 10.9. The number of aryl methyl sites for hydroxylation is 1. The lowest BCUT2D eigenvalue weighted by Crippen LogP contribution is -2.18. The Balaban J connectivity index is 2.06. The van der Waals surface area contributed by atoms with Crippen molar-refractivity contribution in [2.45, 2.75) is 20.0 Å². The van der Waals surface area contributed by atoms with Crippen molar-refractivity contribution in [1.82, 2.24) is 4.90 Å². The van der Waals surface area contributed by atoms with Gasteiger partial charge >= 0.3 is 5.97 Å². The van der Waals surface area contributed by atoms with Crippen molar-refractivity contribution >= 4 is 17.3 Å². The number of carboxylic acid groups (broad SMARTS) is 1. The zero-order valence-corrected chi connectivity index (χ0v) is 11.9. The van der Waals surface area contributed by atoms with E-state index in [0.29, 0.717) is 11.4 Å². The molecule has 0 saturated carbocycles. The van der Waals surface area contributed by atoms with Crippen LogP contribution >= 0.6 is 11.3 Å². The zero-order chi connectivity index (χ0) is 13.8. The van der Waals surface area contributed by atoms with Gasteiger partial charge in [0.05, 0.1) is 0 Å². The van der Waals surface area contributed by atoms with Gasteiger partial charge in [-0.05, 0) is 42.1 Å². The molecule has 0 atom stereocenters. The van der Waals surface area contributed by atoms with E-state index in [4.69, 9.17) is 5.11 Å². The Morgan fingerprint density at radius 1 is 1.21 bits per heavy atom. The van der Waals surface area contributed by atoms with Gasteiger partial charge in [0, 0.05) is 13.1 Å². The molecule has 0 amide bonds. The maximum absolute atomic E-state index is 11.1. The topological polar surface area (TPSA) is 40.5 Å². The molecule has 2 aromatic rings. The van der Waals surface area contributed by atoms with E-state index in [-0.39, 0.29) is 0 Å². The van der Waals surface area contributed by atoms with Crippen molar-refractivity contribution in [1.29, 1.82) is 0 Å². The Hall–Kier alpha value is -1.65. The van der Waals surface area contributed by atoms with E-state index in [1.807, 2.05) is 30.6 Å². The highest BCUT2D eigenvalue weighted by atomic mass is 32.1. The summed E-state index contributed by atoms with van der Waals surface area (Å²) in [4.78, 5) is 13.6. The van der Waals surface area contributed by atoms with Gasteiger partial charge in [0.25, 0.3) is 0 Å². The average Bonchev–Trinajstić information content (AvgIpc) is 2.80. The molecule has 4 heteroatoms. The van der Waals surface area contributed by atoms with Crippen molar-refractivity contribution in [3.05, 3.63) is 57.3 Å². The van der Waals surface area contributed by atoms with Crippen LogP contribution in [-0.2, 0) is 13.1 Å². The van der Waals surface area contributed by atoms with Crippen LogP contribution in [0.25, 0.3) is 0 Å². The first kappa shape index (κ1) is 13.8. The van der Waals surface area contributed by atoms with Crippen LogP contribution in [0.5, 0.6) is 0 Å². The van der Waals surface area contributed by atoms with Crippen LogP contribution < -0.4 is 0 Å². The minimum absolute atomic E-state index is 0.441. The number of benzene rings is 1. The SMILES string of the molecule is Cc1ccccc1CN(C)Cc1ccsc1C(=O)O. The van der Waals surface area contributed by atoms with Gasteiger partial charge in [-0.2, -0.15) is 0 Å². The first-order chi connectivity index (χ1) is 9.08. The molecular formula is C15H17NO2S. The summed E-state index contributed by atoms with van der Waals surface area (Å²) in [7, 11) is 2.01. The number of carboxylic acids is 1. The second kappa shape index (κ2) is 5.99. The predicted molar refractivity (Wildman–Crippen MR) is 77.6 cm³/mol.